The molecule has 0 spiro atoms. The summed E-state index contributed by atoms with van der Waals surface area (Å²) in [5.41, 5.74) is 3.77. The summed E-state index contributed by atoms with van der Waals surface area (Å²) < 4.78 is 1.48. The summed E-state index contributed by atoms with van der Waals surface area (Å²) in [4.78, 5) is 15.7. The molecule has 5 nitrogen and oxygen atoms in total. The molecule has 0 aromatic carbocycles. The van der Waals surface area contributed by atoms with Crippen molar-refractivity contribution in [3.8, 4) is 0 Å². The van der Waals surface area contributed by atoms with Gasteiger partial charge < -0.3 is 5.43 Å². The van der Waals surface area contributed by atoms with E-state index in [1.54, 1.807) is 12.3 Å². The first-order valence-electron chi connectivity index (χ1n) is 4.18. The van der Waals surface area contributed by atoms with Crippen molar-refractivity contribution in [3.63, 3.8) is 0 Å². The minimum Gasteiger partial charge on any atom is -0.308 e. The first-order valence-corrected chi connectivity index (χ1v) is 4.18. The molecule has 0 saturated carbocycles. The fourth-order valence-corrected chi connectivity index (χ4v) is 1.34. The Morgan fingerprint density at radius 3 is 3.07 bits per heavy atom. The smallest absolute Gasteiger partial charge is 0.260 e. The number of fused-ring (bicyclic) bond motifs is 1. The molecule has 3 N–H and O–H groups in total. The molecule has 0 unspecified atom stereocenters. The van der Waals surface area contributed by atoms with E-state index < -0.39 is 0 Å². The predicted octanol–water partition coefficient (Wildman–Crippen LogP) is 0.289. The molecule has 0 aliphatic carbocycles. The molecule has 0 radical (unpaired) electrons. The van der Waals surface area contributed by atoms with Crippen molar-refractivity contribution in [2.75, 3.05) is 5.43 Å². The molecular formula is C9H10N4O. The van der Waals surface area contributed by atoms with E-state index in [9.17, 15) is 4.79 Å². The van der Waals surface area contributed by atoms with Gasteiger partial charge in [0.15, 0.2) is 0 Å². The minimum absolute atomic E-state index is 0.147. The maximum Gasteiger partial charge on any atom is 0.260 e. The second-order valence-electron chi connectivity index (χ2n) is 3.01. The fraction of sp³-hybridized carbons (Fsp3) is 0.111. The van der Waals surface area contributed by atoms with E-state index in [1.165, 1.54) is 10.5 Å². The van der Waals surface area contributed by atoms with Crippen LogP contribution in [0.2, 0.25) is 0 Å². The Hall–Kier alpha value is -1.88. The van der Waals surface area contributed by atoms with Crippen molar-refractivity contribution in [1.82, 2.24) is 9.38 Å². The number of anilines is 1. The van der Waals surface area contributed by atoms with Crippen LogP contribution in [-0.2, 0) is 0 Å². The second-order valence-corrected chi connectivity index (χ2v) is 3.01. The molecule has 0 saturated heterocycles. The number of pyridine rings is 1. The second kappa shape index (κ2) is 3.12. The number of nitrogens with zero attached hydrogens (tertiary/aromatic N) is 2. The van der Waals surface area contributed by atoms with Crippen LogP contribution in [0.25, 0.3) is 5.65 Å². The largest absolute Gasteiger partial charge is 0.308 e. The van der Waals surface area contributed by atoms with Gasteiger partial charge in [-0.3, -0.25) is 9.20 Å². The van der Waals surface area contributed by atoms with E-state index in [0.29, 0.717) is 11.5 Å². The fourth-order valence-electron chi connectivity index (χ4n) is 1.34. The molecule has 2 aromatic rings. The zero-order valence-corrected chi connectivity index (χ0v) is 7.69. The summed E-state index contributed by atoms with van der Waals surface area (Å²) in [5, 5.41) is 0. The summed E-state index contributed by atoms with van der Waals surface area (Å²) in [6.45, 7) is 1.89. The Morgan fingerprint density at radius 2 is 2.36 bits per heavy atom. The van der Waals surface area contributed by atoms with Crippen molar-refractivity contribution in [2.45, 2.75) is 6.92 Å². The number of nitrogens with one attached hydrogen (secondary N) is 1. The molecule has 2 aromatic heterocycles. The summed E-state index contributed by atoms with van der Waals surface area (Å²) in [7, 11) is 0. The third kappa shape index (κ3) is 1.23. The highest BCUT2D eigenvalue weighted by Crippen LogP contribution is 2.06. The van der Waals surface area contributed by atoms with Crippen molar-refractivity contribution in [1.29, 1.82) is 0 Å². The Kier molecular flexibility index (Phi) is 1.94. The van der Waals surface area contributed by atoms with E-state index in [4.69, 9.17) is 5.84 Å². The lowest BCUT2D eigenvalue weighted by atomic mass is 10.3. The van der Waals surface area contributed by atoms with Gasteiger partial charge in [0.05, 0.1) is 0 Å². The lowest BCUT2D eigenvalue weighted by molar-refractivity contribution is 1.03. The van der Waals surface area contributed by atoms with E-state index in [2.05, 4.69) is 10.4 Å². The van der Waals surface area contributed by atoms with Crippen LogP contribution in [0.1, 0.15) is 5.56 Å². The van der Waals surface area contributed by atoms with Crippen molar-refractivity contribution >= 4 is 11.5 Å². The topological polar surface area (TPSA) is 72.4 Å². The molecule has 0 fully saturated rings. The van der Waals surface area contributed by atoms with Gasteiger partial charge in [-0.1, -0.05) is 6.07 Å². The van der Waals surface area contributed by atoms with E-state index in [1.807, 2.05) is 13.0 Å². The van der Waals surface area contributed by atoms with Gasteiger partial charge in [0, 0.05) is 12.3 Å². The van der Waals surface area contributed by atoms with Gasteiger partial charge in [-0.05, 0) is 18.6 Å². The Morgan fingerprint density at radius 1 is 1.57 bits per heavy atom. The van der Waals surface area contributed by atoms with Crippen LogP contribution < -0.4 is 16.8 Å². The predicted molar refractivity (Wildman–Crippen MR) is 54.0 cm³/mol. The van der Waals surface area contributed by atoms with E-state index in [-0.39, 0.29) is 5.56 Å². The monoisotopic (exact) mass is 190 g/mol. The average molecular weight is 190 g/mol. The number of hydrogen-bond acceptors (Lipinski definition) is 4. The Balaban J connectivity index is 2.91. The van der Waals surface area contributed by atoms with Gasteiger partial charge in [-0.15, -0.1) is 0 Å². The third-order valence-electron chi connectivity index (χ3n) is 2.03. The first kappa shape index (κ1) is 8.71. The molecule has 0 amide bonds. The average Bonchev–Trinajstić information content (AvgIpc) is 2.19. The summed E-state index contributed by atoms with van der Waals surface area (Å²) >= 11 is 0. The molecule has 72 valence electrons. The maximum atomic E-state index is 11.5. The molecule has 0 aliphatic rings. The molecule has 2 rings (SSSR count). The highest BCUT2D eigenvalue weighted by atomic mass is 16.1. The number of rotatable bonds is 1. The Bertz CT molecular complexity index is 532. The van der Waals surface area contributed by atoms with Crippen LogP contribution >= 0.6 is 0 Å². The number of aromatic nitrogens is 2. The number of nitrogen functional groups attached to an aromatic ring is 1. The highest BCUT2D eigenvalue weighted by Gasteiger charge is 2.02. The van der Waals surface area contributed by atoms with Crippen LogP contribution in [0, 0.1) is 6.92 Å². The highest BCUT2D eigenvalue weighted by molar-refractivity contribution is 5.51. The third-order valence-corrected chi connectivity index (χ3v) is 2.03. The maximum absolute atomic E-state index is 11.5. The molecular weight excluding hydrogens is 180 g/mol. The summed E-state index contributed by atoms with van der Waals surface area (Å²) in [6.07, 6.45) is 1.68. The zero-order chi connectivity index (χ0) is 10.1. The summed E-state index contributed by atoms with van der Waals surface area (Å²) in [5.74, 6) is 5.58. The van der Waals surface area contributed by atoms with Gasteiger partial charge in [0.2, 0.25) is 0 Å². The van der Waals surface area contributed by atoms with Crippen molar-refractivity contribution < 1.29 is 0 Å². The molecule has 2 heterocycles. The van der Waals surface area contributed by atoms with Gasteiger partial charge in [0.1, 0.15) is 11.5 Å². The lowest BCUT2D eigenvalue weighted by Crippen LogP contribution is -2.18. The van der Waals surface area contributed by atoms with Crippen molar-refractivity contribution in [2.24, 2.45) is 5.84 Å². The van der Waals surface area contributed by atoms with Gasteiger partial charge in [-0.25, -0.2) is 10.8 Å². The van der Waals surface area contributed by atoms with Crippen molar-refractivity contribution in [3.05, 3.63) is 40.3 Å². The Labute approximate surface area is 80.2 Å². The van der Waals surface area contributed by atoms with E-state index in [0.717, 1.165) is 5.56 Å². The first-order chi connectivity index (χ1) is 6.72. The zero-order valence-electron chi connectivity index (χ0n) is 7.69. The number of hydrazine groups is 1. The minimum atomic E-state index is -0.147. The summed E-state index contributed by atoms with van der Waals surface area (Å²) in [6, 6.07) is 5.05. The number of aryl methyl sites for hydroxylation is 1. The molecule has 14 heavy (non-hydrogen) atoms. The van der Waals surface area contributed by atoms with Crippen LogP contribution in [0.5, 0.6) is 0 Å². The SMILES string of the molecule is Cc1cccn2c(=O)cc(NN)nc12. The molecule has 5 heteroatoms. The standard InChI is InChI=1S/C9H10N4O/c1-6-3-2-4-13-8(14)5-7(12-10)11-9(6)13/h2-5,12H,10H2,1H3. The normalized spacial score (nSPS) is 10.4. The van der Waals surface area contributed by atoms with Gasteiger partial charge in [-0.2, -0.15) is 0 Å². The molecule has 0 bridgehead atoms. The van der Waals surface area contributed by atoms with E-state index >= 15 is 0 Å². The van der Waals surface area contributed by atoms with Crippen LogP contribution in [0.15, 0.2) is 29.2 Å². The molecule has 0 atom stereocenters. The molecule has 0 aliphatic heterocycles. The number of hydrogen-bond donors (Lipinski definition) is 2. The van der Waals surface area contributed by atoms with Crippen LogP contribution in [0.3, 0.4) is 0 Å². The lowest BCUT2D eigenvalue weighted by Gasteiger charge is -2.04. The van der Waals surface area contributed by atoms with Crippen LogP contribution in [-0.4, -0.2) is 9.38 Å². The van der Waals surface area contributed by atoms with Gasteiger partial charge in [0.25, 0.3) is 5.56 Å². The van der Waals surface area contributed by atoms with Crippen LogP contribution in [0.4, 0.5) is 5.82 Å². The quantitative estimate of drug-likeness (QED) is 0.500. The number of nitrogens with two attached hydrogens (primary N) is 1. The van der Waals surface area contributed by atoms with Gasteiger partial charge >= 0.3 is 0 Å².